The molecule has 2 N–H and O–H groups in total. The summed E-state index contributed by atoms with van der Waals surface area (Å²) in [5.74, 6) is 0.858. The van der Waals surface area contributed by atoms with Crippen LogP contribution in [0.5, 0.6) is 0 Å². The molecule has 0 saturated heterocycles. The second-order valence-electron chi connectivity index (χ2n) is 5.71. The van der Waals surface area contributed by atoms with Gasteiger partial charge >= 0.3 is 11.7 Å². The minimum atomic E-state index is -0.706. The van der Waals surface area contributed by atoms with Gasteiger partial charge in [-0.25, -0.2) is 14.2 Å². The molecule has 116 valence electrons. The Morgan fingerprint density at radius 2 is 2.00 bits per heavy atom. The summed E-state index contributed by atoms with van der Waals surface area (Å²) < 4.78 is 0.878. The molecular formula is C15H23N3O3. The summed E-state index contributed by atoms with van der Waals surface area (Å²) in [6, 6.07) is 0.665. The standard InChI is InChI=1S/C15H23N3O3/c19-13-9-11-18(15(21)17-13)14(20)16-10-5-4-8-12-6-2-1-3-7-12/h9,11-12H,1-8,10H2,(H,16,20)(H,17,19,21). The lowest BCUT2D eigenvalue weighted by molar-refractivity contribution is 0.240. The summed E-state index contributed by atoms with van der Waals surface area (Å²) in [5, 5.41) is 2.70. The SMILES string of the molecule is O=C(NCCCCC1CCCCC1)n1ccc(=O)[nH]c1=O. The van der Waals surface area contributed by atoms with Gasteiger partial charge in [-0.1, -0.05) is 44.9 Å². The molecule has 0 unspecified atom stereocenters. The molecule has 1 aliphatic carbocycles. The van der Waals surface area contributed by atoms with Gasteiger partial charge in [-0.3, -0.25) is 9.78 Å². The molecule has 0 radical (unpaired) electrons. The van der Waals surface area contributed by atoms with Crippen molar-refractivity contribution in [2.75, 3.05) is 6.54 Å². The molecule has 0 spiro atoms. The minimum absolute atomic E-state index is 0.492. The summed E-state index contributed by atoms with van der Waals surface area (Å²) in [4.78, 5) is 36.2. The molecule has 6 nitrogen and oxygen atoms in total. The van der Waals surface area contributed by atoms with Gasteiger partial charge in [-0.2, -0.15) is 0 Å². The third-order valence-electron chi connectivity index (χ3n) is 4.08. The number of amides is 1. The van der Waals surface area contributed by atoms with E-state index >= 15 is 0 Å². The number of carbonyl (C=O) groups is 1. The molecule has 21 heavy (non-hydrogen) atoms. The summed E-state index contributed by atoms with van der Waals surface area (Å²) in [6.45, 7) is 0.553. The van der Waals surface area contributed by atoms with Gasteiger partial charge in [-0.15, -0.1) is 0 Å². The number of rotatable bonds is 5. The zero-order chi connectivity index (χ0) is 15.1. The maximum Gasteiger partial charge on any atom is 0.336 e. The van der Waals surface area contributed by atoms with Crippen LogP contribution >= 0.6 is 0 Å². The van der Waals surface area contributed by atoms with Gasteiger partial charge in [0.1, 0.15) is 0 Å². The normalized spacial score (nSPS) is 15.8. The highest BCUT2D eigenvalue weighted by atomic mass is 16.2. The van der Waals surface area contributed by atoms with Crippen molar-refractivity contribution >= 4 is 6.03 Å². The number of hydrogen-bond donors (Lipinski definition) is 2. The Labute approximate surface area is 123 Å². The fourth-order valence-corrected chi connectivity index (χ4v) is 2.89. The number of hydrogen-bond acceptors (Lipinski definition) is 3. The van der Waals surface area contributed by atoms with Gasteiger partial charge < -0.3 is 5.32 Å². The van der Waals surface area contributed by atoms with Crippen molar-refractivity contribution in [1.29, 1.82) is 0 Å². The first-order chi connectivity index (χ1) is 10.2. The summed E-state index contributed by atoms with van der Waals surface area (Å²) in [5.41, 5.74) is -1.21. The molecule has 2 rings (SSSR count). The van der Waals surface area contributed by atoms with Crippen molar-refractivity contribution in [3.63, 3.8) is 0 Å². The lowest BCUT2D eigenvalue weighted by Gasteiger charge is -2.21. The summed E-state index contributed by atoms with van der Waals surface area (Å²) >= 11 is 0. The molecule has 0 aliphatic heterocycles. The van der Waals surface area contributed by atoms with E-state index in [0.29, 0.717) is 6.54 Å². The fourth-order valence-electron chi connectivity index (χ4n) is 2.89. The van der Waals surface area contributed by atoms with Gasteiger partial charge in [0.25, 0.3) is 5.56 Å². The Bertz CT molecular complexity index is 570. The van der Waals surface area contributed by atoms with E-state index in [1.54, 1.807) is 0 Å². The predicted octanol–water partition coefficient (Wildman–Crippen LogP) is 1.84. The maximum atomic E-state index is 11.8. The zero-order valence-corrected chi connectivity index (χ0v) is 12.3. The van der Waals surface area contributed by atoms with Crippen molar-refractivity contribution in [2.24, 2.45) is 5.92 Å². The van der Waals surface area contributed by atoms with E-state index in [1.165, 1.54) is 44.7 Å². The number of H-pyrrole nitrogens is 1. The first kappa shape index (κ1) is 15.5. The monoisotopic (exact) mass is 293 g/mol. The van der Waals surface area contributed by atoms with E-state index in [-0.39, 0.29) is 0 Å². The predicted molar refractivity (Wildman–Crippen MR) is 80.5 cm³/mol. The topological polar surface area (TPSA) is 84.0 Å². The van der Waals surface area contributed by atoms with E-state index in [0.717, 1.165) is 29.4 Å². The Kier molecular flexibility index (Phi) is 5.78. The Hall–Kier alpha value is -1.85. The highest BCUT2D eigenvalue weighted by Gasteiger charge is 2.12. The molecule has 1 aliphatic rings. The van der Waals surface area contributed by atoms with Gasteiger partial charge in [0.05, 0.1) is 0 Å². The Balaban J connectivity index is 1.67. The highest BCUT2D eigenvalue weighted by Crippen LogP contribution is 2.27. The second-order valence-corrected chi connectivity index (χ2v) is 5.71. The summed E-state index contributed by atoms with van der Waals surface area (Å²) in [7, 11) is 0. The third-order valence-corrected chi connectivity index (χ3v) is 4.08. The number of unbranched alkanes of at least 4 members (excludes halogenated alkanes) is 1. The van der Waals surface area contributed by atoms with Gasteiger partial charge in [0.15, 0.2) is 0 Å². The zero-order valence-electron chi connectivity index (χ0n) is 12.3. The molecule has 6 heteroatoms. The van der Waals surface area contributed by atoms with Crippen molar-refractivity contribution < 1.29 is 4.79 Å². The quantitative estimate of drug-likeness (QED) is 0.812. The van der Waals surface area contributed by atoms with Crippen LogP contribution in [0.25, 0.3) is 0 Å². The number of aromatic amines is 1. The molecule has 0 aromatic carbocycles. The molecule has 0 bridgehead atoms. The largest absolute Gasteiger partial charge is 0.337 e. The van der Waals surface area contributed by atoms with Crippen LogP contribution in [0.2, 0.25) is 0 Å². The molecule has 1 saturated carbocycles. The van der Waals surface area contributed by atoms with E-state index in [2.05, 4.69) is 10.3 Å². The number of aromatic nitrogens is 2. The van der Waals surface area contributed by atoms with E-state index in [1.807, 2.05) is 0 Å². The van der Waals surface area contributed by atoms with Crippen LogP contribution in [-0.4, -0.2) is 22.1 Å². The van der Waals surface area contributed by atoms with Crippen molar-refractivity contribution in [2.45, 2.75) is 51.4 Å². The average molecular weight is 293 g/mol. The molecule has 1 aromatic heterocycles. The van der Waals surface area contributed by atoms with Crippen LogP contribution in [0.15, 0.2) is 21.9 Å². The molecule has 1 amide bonds. The molecule has 1 heterocycles. The molecule has 1 aromatic rings. The first-order valence-corrected chi connectivity index (χ1v) is 7.77. The lowest BCUT2D eigenvalue weighted by atomic mass is 9.86. The van der Waals surface area contributed by atoms with E-state index in [9.17, 15) is 14.4 Å². The number of carbonyl (C=O) groups excluding carboxylic acids is 1. The minimum Gasteiger partial charge on any atom is -0.337 e. The smallest absolute Gasteiger partial charge is 0.336 e. The van der Waals surface area contributed by atoms with Crippen LogP contribution in [0.4, 0.5) is 4.79 Å². The average Bonchev–Trinajstić information content (AvgIpc) is 2.47. The van der Waals surface area contributed by atoms with Crippen molar-refractivity contribution in [1.82, 2.24) is 14.9 Å². The van der Waals surface area contributed by atoms with Crippen molar-refractivity contribution in [3.8, 4) is 0 Å². The van der Waals surface area contributed by atoms with E-state index < -0.39 is 17.3 Å². The van der Waals surface area contributed by atoms with Gasteiger partial charge in [-0.05, 0) is 12.3 Å². The maximum absolute atomic E-state index is 11.8. The first-order valence-electron chi connectivity index (χ1n) is 7.77. The molecular weight excluding hydrogens is 270 g/mol. The van der Waals surface area contributed by atoms with Crippen molar-refractivity contribution in [3.05, 3.63) is 33.1 Å². The lowest BCUT2D eigenvalue weighted by Crippen LogP contribution is -2.39. The number of nitrogens with one attached hydrogen (secondary N) is 2. The second kappa shape index (κ2) is 7.81. The van der Waals surface area contributed by atoms with Gasteiger partial charge in [0.2, 0.25) is 0 Å². The van der Waals surface area contributed by atoms with Crippen LogP contribution in [0.1, 0.15) is 51.4 Å². The Morgan fingerprint density at radius 1 is 1.24 bits per heavy atom. The molecule has 0 atom stereocenters. The van der Waals surface area contributed by atoms with Gasteiger partial charge in [0, 0.05) is 18.8 Å². The van der Waals surface area contributed by atoms with Crippen LogP contribution in [0, 0.1) is 5.92 Å². The Morgan fingerprint density at radius 3 is 2.71 bits per heavy atom. The van der Waals surface area contributed by atoms with Crippen LogP contribution in [0.3, 0.4) is 0 Å². The van der Waals surface area contributed by atoms with Crippen LogP contribution in [-0.2, 0) is 0 Å². The number of nitrogens with zero attached hydrogens (tertiary/aromatic N) is 1. The highest BCUT2D eigenvalue weighted by molar-refractivity contribution is 5.76. The molecule has 1 fully saturated rings. The van der Waals surface area contributed by atoms with E-state index in [4.69, 9.17) is 0 Å². The third kappa shape index (κ3) is 4.88. The summed E-state index contributed by atoms with van der Waals surface area (Å²) in [6.07, 6.45) is 11.2. The fraction of sp³-hybridized carbons (Fsp3) is 0.667. The van der Waals surface area contributed by atoms with Crippen LogP contribution < -0.4 is 16.6 Å².